The van der Waals surface area contributed by atoms with Gasteiger partial charge in [-0.15, -0.1) is 0 Å². The molecular formula is C64H38N4O. The number of nitrogens with zero attached hydrogens (tertiary/aromatic N) is 4. The molecule has 5 nitrogen and oxygen atoms in total. The molecule has 13 aromatic rings. The van der Waals surface area contributed by atoms with Crippen molar-refractivity contribution in [2.45, 2.75) is 5.41 Å². The minimum atomic E-state index is -0.429. The maximum atomic E-state index is 6.36. The summed E-state index contributed by atoms with van der Waals surface area (Å²) in [5.74, 6) is 1.76. The van der Waals surface area contributed by atoms with Crippen LogP contribution in [-0.2, 0) is 5.41 Å². The summed E-state index contributed by atoms with van der Waals surface area (Å²) in [6.07, 6.45) is 0. The Morgan fingerprint density at radius 3 is 1.55 bits per heavy atom. The molecule has 2 aliphatic carbocycles. The molecule has 10 aromatic carbocycles. The molecule has 0 amide bonds. The number of benzene rings is 10. The first-order chi connectivity index (χ1) is 34.2. The number of rotatable bonds is 5. The summed E-state index contributed by atoms with van der Waals surface area (Å²) in [6.45, 7) is 0. The highest BCUT2D eigenvalue weighted by atomic mass is 16.3. The van der Waals surface area contributed by atoms with Crippen LogP contribution in [0.2, 0.25) is 0 Å². The van der Waals surface area contributed by atoms with Crippen molar-refractivity contribution in [3.05, 3.63) is 253 Å². The van der Waals surface area contributed by atoms with Gasteiger partial charge in [0.05, 0.1) is 16.4 Å². The van der Waals surface area contributed by atoms with Crippen molar-refractivity contribution in [1.82, 2.24) is 19.5 Å². The zero-order valence-electron chi connectivity index (χ0n) is 37.1. The van der Waals surface area contributed by atoms with E-state index in [9.17, 15) is 0 Å². The standard InChI is InChI=1S/C64H38N4O/c1-2-15-39(16-3-1)40-29-31-41(32-30-40)61-65-62(67-63(66-61)43-33-34-50-49-23-8-13-28-59(49)69-60(50)36-43)42-17-14-18-44(35-42)68-57-27-12-7-22-48(57)52-37-56-51(38-58(52)68)47-21-6-11-26-55(47)64(56)53-24-9-4-19-45(53)46-20-5-10-25-54(46)64/h1-38H. The third kappa shape index (κ3) is 5.44. The highest BCUT2D eigenvalue weighted by Crippen LogP contribution is 2.63. The fourth-order valence-electron chi connectivity index (χ4n) is 11.7. The summed E-state index contributed by atoms with van der Waals surface area (Å²) < 4.78 is 8.77. The lowest BCUT2D eigenvalue weighted by atomic mass is 9.70. The third-order valence-corrected chi connectivity index (χ3v) is 14.7. The summed E-state index contributed by atoms with van der Waals surface area (Å²) in [7, 11) is 0. The van der Waals surface area contributed by atoms with Gasteiger partial charge in [-0.3, -0.25) is 0 Å². The van der Waals surface area contributed by atoms with E-state index in [2.05, 4.69) is 211 Å². The Balaban J connectivity index is 0.921. The van der Waals surface area contributed by atoms with Crippen LogP contribution < -0.4 is 0 Å². The van der Waals surface area contributed by atoms with Crippen molar-refractivity contribution in [3.63, 3.8) is 0 Å². The van der Waals surface area contributed by atoms with Crippen molar-refractivity contribution in [3.8, 4) is 73.2 Å². The Morgan fingerprint density at radius 1 is 0.304 bits per heavy atom. The Bertz CT molecular complexity index is 4210. The van der Waals surface area contributed by atoms with Crippen LogP contribution in [0.15, 0.2) is 235 Å². The largest absolute Gasteiger partial charge is 0.456 e. The van der Waals surface area contributed by atoms with Gasteiger partial charge in [0.1, 0.15) is 11.2 Å². The smallest absolute Gasteiger partial charge is 0.164 e. The molecule has 1 spiro atoms. The second-order valence-corrected chi connectivity index (χ2v) is 18.3. The molecule has 0 unspecified atom stereocenters. The SMILES string of the molecule is c1ccc(-c2ccc(-c3nc(-c4cccc(-n5c6ccccc6c6cc7c(cc65)-c5ccccc5C75c6ccccc6-c6ccccc65)c4)nc(-c4ccc5c(c4)oc4ccccc45)n3)cc2)cc1. The predicted molar refractivity (Wildman–Crippen MR) is 279 cm³/mol. The summed E-state index contributed by atoms with van der Waals surface area (Å²) in [5.41, 5.74) is 19.9. The van der Waals surface area contributed by atoms with E-state index in [1.807, 2.05) is 24.3 Å². The van der Waals surface area contributed by atoms with Gasteiger partial charge in [0, 0.05) is 43.9 Å². The minimum absolute atomic E-state index is 0.429. The summed E-state index contributed by atoms with van der Waals surface area (Å²) in [6, 6.07) is 82.7. The van der Waals surface area contributed by atoms with Crippen molar-refractivity contribution in [1.29, 1.82) is 0 Å². The fourth-order valence-corrected chi connectivity index (χ4v) is 11.7. The second-order valence-electron chi connectivity index (χ2n) is 18.3. The molecule has 3 aromatic heterocycles. The van der Waals surface area contributed by atoms with Gasteiger partial charge in [-0.05, 0) is 104 Å². The minimum Gasteiger partial charge on any atom is -0.456 e. The molecular weight excluding hydrogens is 841 g/mol. The Kier molecular flexibility index (Phi) is 7.93. The van der Waals surface area contributed by atoms with E-state index < -0.39 is 5.41 Å². The van der Waals surface area contributed by atoms with Crippen molar-refractivity contribution < 1.29 is 4.42 Å². The van der Waals surface area contributed by atoms with E-state index >= 15 is 0 Å². The average molecular weight is 879 g/mol. The van der Waals surface area contributed by atoms with E-state index in [1.165, 1.54) is 55.3 Å². The Labute approximate surface area is 397 Å². The number of aromatic nitrogens is 4. The number of hydrogen-bond donors (Lipinski definition) is 0. The fraction of sp³-hybridized carbons (Fsp3) is 0.0156. The molecule has 320 valence electrons. The van der Waals surface area contributed by atoms with E-state index in [4.69, 9.17) is 19.4 Å². The number of hydrogen-bond acceptors (Lipinski definition) is 4. The van der Waals surface area contributed by atoms with Gasteiger partial charge in [0.15, 0.2) is 17.5 Å². The van der Waals surface area contributed by atoms with Crippen molar-refractivity contribution >= 4 is 43.7 Å². The maximum Gasteiger partial charge on any atom is 0.164 e. The van der Waals surface area contributed by atoms with E-state index in [-0.39, 0.29) is 0 Å². The van der Waals surface area contributed by atoms with Crippen LogP contribution in [0, 0.1) is 0 Å². The lowest BCUT2D eigenvalue weighted by Crippen LogP contribution is -2.25. The van der Waals surface area contributed by atoms with Crippen LogP contribution in [0.4, 0.5) is 0 Å². The van der Waals surface area contributed by atoms with Crippen LogP contribution in [0.5, 0.6) is 0 Å². The molecule has 0 radical (unpaired) electrons. The molecule has 3 heterocycles. The molecule has 69 heavy (non-hydrogen) atoms. The van der Waals surface area contributed by atoms with E-state index in [0.717, 1.165) is 66.5 Å². The number of fused-ring (bicyclic) bond motifs is 16. The highest BCUT2D eigenvalue weighted by molar-refractivity contribution is 6.12. The first-order valence-electron chi connectivity index (χ1n) is 23.5. The zero-order valence-corrected chi connectivity index (χ0v) is 37.1. The van der Waals surface area contributed by atoms with Crippen LogP contribution >= 0.6 is 0 Å². The molecule has 0 N–H and O–H groups in total. The predicted octanol–water partition coefficient (Wildman–Crippen LogP) is 15.9. The van der Waals surface area contributed by atoms with Crippen LogP contribution in [0.1, 0.15) is 22.3 Å². The molecule has 5 heteroatoms. The van der Waals surface area contributed by atoms with Gasteiger partial charge >= 0.3 is 0 Å². The maximum absolute atomic E-state index is 6.36. The van der Waals surface area contributed by atoms with Gasteiger partial charge in [0.25, 0.3) is 0 Å². The van der Waals surface area contributed by atoms with Gasteiger partial charge in [-0.2, -0.15) is 0 Å². The topological polar surface area (TPSA) is 56.7 Å². The molecule has 0 fully saturated rings. The Hall–Kier alpha value is -9.19. The molecule has 0 saturated heterocycles. The zero-order chi connectivity index (χ0) is 45.2. The highest BCUT2D eigenvalue weighted by Gasteiger charge is 2.51. The lowest BCUT2D eigenvalue weighted by Gasteiger charge is -2.30. The van der Waals surface area contributed by atoms with Crippen molar-refractivity contribution in [2.75, 3.05) is 0 Å². The normalized spacial score (nSPS) is 13.0. The number of para-hydroxylation sites is 2. The van der Waals surface area contributed by atoms with Gasteiger partial charge < -0.3 is 8.98 Å². The number of furan rings is 1. The van der Waals surface area contributed by atoms with E-state index in [0.29, 0.717) is 17.5 Å². The first kappa shape index (κ1) is 38.0. The quantitative estimate of drug-likeness (QED) is 0.173. The second kappa shape index (κ2) is 14.4. The average Bonchev–Trinajstić information content (AvgIpc) is 4.14. The van der Waals surface area contributed by atoms with Crippen LogP contribution in [-0.4, -0.2) is 19.5 Å². The van der Waals surface area contributed by atoms with Crippen LogP contribution in [0.25, 0.3) is 117 Å². The molecule has 0 bridgehead atoms. The van der Waals surface area contributed by atoms with Crippen LogP contribution in [0.3, 0.4) is 0 Å². The summed E-state index contributed by atoms with van der Waals surface area (Å²) in [5, 5.41) is 4.56. The molecule has 2 aliphatic rings. The molecule has 0 aliphatic heterocycles. The molecule has 0 atom stereocenters. The Morgan fingerprint density at radius 2 is 0.826 bits per heavy atom. The summed E-state index contributed by atoms with van der Waals surface area (Å²) in [4.78, 5) is 15.6. The first-order valence-corrected chi connectivity index (χ1v) is 23.5. The summed E-state index contributed by atoms with van der Waals surface area (Å²) >= 11 is 0. The monoisotopic (exact) mass is 878 g/mol. The van der Waals surface area contributed by atoms with E-state index in [1.54, 1.807) is 0 Å². The van der Waals surface area contributed by atoms with Gasteiger partial charge in [0.2, 0.25) is 0 Å². The van der Waals surface area contributed by atoms with Crippen molar-refractivity contribution in [2.24, 2.45) is 0 Å². The molecule has 15 rings (SSSR count). The molecule has 0 saturated carbocycles. The van der Waals surface area contributed by atoms with Gasteiger partial charge in [-0.1, -0.05) is 182 Å². The lowest BCUT2D eigenvalue weighted by molar-refractivity contribution is 0.669. The third-order valence-electron chi connectivity index (χ3n) is 14.7. The van der Waals surface area contributed by atoms with Gasteiger partial charge in [-0.25, -0.2) is 15.0 Å².